The van der Waals surface area contributed by atoms with Crippen molar-refractivity contribution in [1.29, 1.82) is 0 Å². The van der Waals surface area contributed by atoms with Gasteiger partial charge in [0.25, 0.3) is 0 Å². The van der Waals surface area contributed by atoms with Gasteiger partial charge in [-0.25, -0.2) is 15.0 Å². The summed E-state index contributed by atoms with van der Waals surface area (Å²) in [6, 6.07) is 38.8. The molecular formula is C31H22N4. The Labute approximate surface area is 204 Å². The summed E-state index contributed by atoms with van der Waals surface area (Å²) in [7, 11) is 0. The number of hydrogen-bond acceptors (Lipinski definition) is 4. The van der Waals surface area contributed by atoms with Crippen molar-refractivity contribution in [3.63, 3.8) is 0 Å². The highest BCUT2D eigenvalue weighted by atomic mass is 15.0. The van der Waals surface area contributed by atoms with Gasteiger partial charge in [0, 0.05) is 33.3 Å². The predicted molar refractivity (Wildman–Crippen MR) is 142 cm³/mol. The van der Waals surface area contributed by atoms with Gasteiger partial charge >= 0.3 is 0 Å². The molecule has 0 bridgehead atoms. The molecule has 166 valence electrons. The highest BCUT2D eigenvalue weighted by Gasteiger charge is 2.14. The molecule has 0 aliphatic carbocycles. The van der Waals surface area contributed by atoms with Gasteiger partial charge in [0.1, 0.15) is 0 Å². The van der Waals surface area contributed by atoms with Crippen molar-refractivity contribution in [3.8, 4) is 45.4 Å². The van der Waals surface area contributed by atoms with Gasteiger partial charge in [0.05, 0.1) is 5.69 Å². The second-order valence-corrected chi connectivity index (χ2v) is 8.45. The van der Waals surface area contributed by atoms with Crippen molar-refractivity contribution < 1.29 is 0 Å². The molecule has 6 aromatic rings. The number of rotatable bonds is 4. The van der Waals surface area contributed by atoms with Crippen LogP contribution >= 0.6 is 0 Å². The third kappa shape index (κ3) is 4.18. The Hall–Kier alpha value is -4.70. The number of pyridine rings is 1. The molecule has 0 radical (unpaired) electrons. The lowest BCUT2D eigenvalue weighted by Crippen LogP contribution is -2.00. The Balaban J connectivity index is 1.53. The molecule has 0 aliphatic rings. The Kier molecular flexibility index (Phi) is 5.32. The van der Waals surface area contributed by atoms with Gasteiger partial charge in [-0.05, 0) is 24.4 Å². The van der Waals surface area contributed by atoms with Crippen molar-refractivity contribution >= 4 is 10.8 Å². The van der Waals surface area contributed by atoms with Gasteiger partial charge in [0.15, 0.2) is 17.5 Å². The van der Waals surface area contributed by atoms with Gasteiger partial charge in [-0.15, -0.1) is 0 Å². The zero-order valence-corrected chi connectivity index (χ0v) is 19.3. The molecule has 0 unspecified atom stereocenters. The summed E-state index contributed by atoms with van der Waals surface area (Å²) >= 11 is 0. The number of fused-ring (bicyclic) bond motifs is 1. The molecule has 4 nitrogen and oxygen atoms in total. The van der Waals surface area contributed by atoms with E-state index in [1.807, 2.05) is 79.7 Å². The van der Waals surface area contributed by atoms with Crippen LogP contribution in [0.4, 0.5) is 0 Å². The summed E-state index contributed by atoms with van der Waals surface area (Å²) in [6.07, 6.45) is 0. The summed E-state index contributed by atoms with van der Waals surface area (Å²) in [4.78, 5) is 19.4. The van der Waals surface area contributed by atoms with E-state index in [0.29, 0.717) is 17.5 Å². The first kappa shape index (κ1) is 20.9. The lowest BCUT2D eigenvalue weighted by atomic mass is 10.0. The van der Waals surface area contributed by atoms with E-state index >= 15 is 0 Å². The smallest absolute Gasteiger partial charge is 0.164 e. The minimum absolute atomic E-state index is 0.636. The fourth-order valence-electron chi connectivity index (χ4n) is 4.30. The van der Waals surface area contributed by atoms with Gasteiger partial charge in [-0.2, -0.15) is 0 Å². The topological polar surface area (TPSA) is 51.6 Å². The first-order valence-electron chi connectivity index (χ1n) is 11.6. The Morgan fingerprint density at radius 3 is 1.60 bits per heavy atom. The normalized spacial score (nSPS) is 11.0. The molecule has 0 N–H and O–H groups in total. The molecule has 4 aromatic carbocycles. The number of benzene rings is 4. The maximum atomic E-state index is 4.88. The first-order chi connectivity index (χ1) is 17.2. The Morgan fingerprint density at radius 1 is 0.429 bits per heavy atom. The van der Waals surface area contributed by atoms with E-state index in [2.05, 4.69) is 42.5 Å². The van der Waals surface area contributed by atoms with Crippen molar-refractivity contribution in [2.75, 3.05) is 0 Å². The maximum Gasteiger partial charge on any atom is 0.164 e. The van der Waals surface area contributed by atoms with Crippen LogP contribution in [0.15, 0.2) is 115 Å². The third-order valence-corrected chi connectivity index (χ3v) is 5.96. The SMILES string of the molecule is Cc1cc2ccccc2c(-c2cccc(-c3nc(-c4ccccc4)nc(-c4ccccc4)n3)c2)n1. The van der Waals surface area contributed by atoms with E-state index in [1.165, 1.54) is 5.39 Å². The fourth-order valence-corrected chi connectivity index (χ4v) is 4.30. The molecule has 0 spiro atoms. The van der Waals surface area contributed by atoms with Crippen molar-refractivity contribution in [1.82, 2.24) is 19.9 Å². The zero-order chi connectivity index (χ0) is 23.6. The summed E-state index contributed by atoms with van der Waals surface area (Å²) < 4.78 is 0. The minimum atomic E-state index is 0.636. The summed E-state index contributed by atoms with van der Waals surface area (Å²) in [5.41, 5.74) is 5.81. The third-order valence-electron chi connectivity index (χ3n) is 5.96. The van der Waals surface area contributed by atoms with Crippen molar-refractivity contribution in [3.05, 3.63) is 121 Å². The minimum Gasteiger partial charge on any atom is -0.252 e. The second kappa shape index (κ2) is 8.92. The van der Waals surface area contributed by atoms with E-state index < -0.39 is 0 Å². The average molecular weight is 451 g/mol. The van der Waals surface area contributed by atoms with Gasteiger partial charge in [0.2, 0.25) is 0 Å². The Morgan fingerprint density at radius 2 is 0.943 bits per heavy atom. The summed E-state index contributed by atoms with van der Waals surface area (Å²) in [5, 5.41) is 2.30. The maximum absolute atomic E-state index is 4.88. The second-order valence-electron chi connectivity index (χ2n) is 8.45. The van der Waals surface area contributed by atoms with Crippen LogP contribution in [0.5, 0.6) is 0 Å². The molecule has 2 aromatic heterocycles. The van der Waals surface area contributed by atoms with Crippen LogP contribution in [0.1, 0.15) is 5.69 Å². The standard InChI is InChI=1S/C31H22N4/c1-21-19-24-15-8-9-18-27(24)28(32-21)25-16-10-17-26(20-25)31-34-29(22-11-4-2-5-12-22)33-30(35-31)23-13-6-3-7-14-23/h2-20H,1H3. The van der Waals surface area contributed by atoms with Crippen LogP contribution in [0.2, 0.25) is 0 Å². The lowest BCUT2D eigenvalue weighted by molar-refractivity contribution is 1.07. The van der Waals surface area contributed by atoms with Gasteiger partial charge in [-0.1, -0.05) is 103 Å². The molecular weight excluding hydrogens is 428 g/mol. The van der Waals surface area contributed by atoms with Gasteiger partial charge < -0.3 is 0 Å². The Bertz CT molecular complexity index is 1590. The summed E-state index contributed by atoms with van der Waals surface area (Å²) in [6.45, 7) is 2.03. The number of nitrogens with zero attached hydrogens (tertiary/aromatic N) is 4. The molecule has 0 amide bonds. The largest absolute Gasteiger partial charge is 0.252 e. The molecule has 35 heavy (non-hydrogen) atoms. The van der Waals surface area contributed by atoms with Crippen LogP contribution in [0.3, 0.4) is 0 Å². The van der Waals surface area contributed by atoms with E-state index in [9.17, 15) is 0 Å². The highest BCUT2D eigenvalue weighted by Crippen LogP contribution is 2.31. The van der Waals surface area contributed by atoms with E-state index in [-0.39, 0.29) is 0 Å². The van der Waals surface area contributed by atoms with E-state index in [4.69, 9.17) is 19.9 Å². The molecule has 0 saturated heterocycles. The van der Waals surface area contributed by atoms with Crippen molar-refractivity contribution in [2.45, 2.75) is 6.92 Å². The molecule has 0 atom stereocenters. The van der Waals surface area contributed by atoms with Crippen LogP contribution in [-0.2, 0) is 0 Å². The number of aromatic nitrogens is 4. The monoisotopic (exact) mass is 450 g/mol. The molecule has 0 fully saturated rings. The van der Waals surface area contributed by atoms with Crippen LogP contribution in [-0.4, -0.2) is 19.9 Å². The van der Waals surface area contributed by atoms with E-state index in [1.54, 1.807) is 0 Å². The predicted octanol–water partition coefficient (Wildman–Crippen LogP) is 7.40. The van der Waals surface area contributed by atoms with Crippen LogP contribution in [0, 0.1) is 6.92 Å². The molecule has 2 heterocycles. The first-order valence-corrected chi connectivity index (χ1v) is 11.6. The van der Waals surface area contributed by atoms with Crippen molar-refractivity contribution in [2.24, 2.45) is 0 Å². The molecule has 6 rings (SSSR count). The molecule has 0 aliphatic heterocycles. The van der Waals surface area contributed by atoms with Crippen LogP contribution in [0.25, 0.3) is 56.2 Å². The van der Waals surface area contributed by atoms with E-state index in [0.717, 1.165) is 39.0 Å². The number of aryl methyl sites for hydroxylation is 1. The zero-order valence-electron chi connectivity index (χ0n) is 19.3. The van der Waals surface area contributed by atoms with Crippen LogP contribution < -0.4 is 0 Å². The molecule has 0 saturated carbocycles. The quantitative estimate of drug-likeness (QED) is 0.281. The lowest BCUT2D eigenvalue weighted by Gasteiger charge is -2.11. The average Bonchev–Trinajstić information content (AvgIpc) is 2.93. The molecule has 4 heteroatoms. The highest BCUT2D eigenvalue weighted by molar-refractivity contribution is 5.95. The van der Waals surface area contributed by atoms with Gasteiger partial charge in [-0.3, -0.25) is 4.98 Å². The fraction of sp³-hybridized carbons (Fsp3) is 0.0323. The summed E-state index contributed by atoms with van der Waals surface area (Å²) in [5.74, 6) is 1.94. The number of hydrogen-bond donors (Lipinski definition) is 0.